The molecule has 3 heterocycles. The number of rotatable bonds is 2. The molecule has 22 heavy (non-hydrogen) atoms. The van der Waals surface area contributed by atoms with E-state index < -0.39 is 0 Å². The van der Waals surface area contributed by atoms with Gasteiger partial charge in [-0.25, -0.2) is 9.97 Å². The predicted molar refractivity (Wildman–Crippen MR) is 94.7 cm³/mol. The van der Waals surface area contributed by atoms with Crippen molar-refractivity contribution in [1.82, 2.24) is 19.5 Å². The van der Waals surface area contributed by atoms with Crippen LogP contribution in [0.15, 0.2) is 52.7 Å². The number of nitrogens with zero attached hydrogens (tertiary/aromatic N) is 4. The van der Waals surface area contributed by atoms with Gasteiger partial charge in [-0.3, -0.25) is 9.36 Å². The molecule has 0 aliphatic carbocycles. The third-order valence-electron chi connectivity index (χ3n) is 3.69. The van der Waals surface area contributed by atoms with Gasteiger partial charge in [-0.15, -0.1) is 0 Å². The van der Waals surface area contributed by atoms with Crippen molar-refractivity contribution in [2.45, 2.75) is 16.4 Å². The molecular formula is C15H11IN4OS. The van der Waals surface area contributed by atoms with E-state index in [1.165, 1.54) is 11.8 Å². The zero-order valence-electron chi connectivity index (χ0n) is 11.4. The molecule has 0 fully saturated rings. The molecule has 0 saturated heterocycles. The molecule has 1 aliphatic heterocycles. The third-order valence-corrected chi connectivity index (χ3v) is 6.47. The van der Waals surface area contributed by atoms with Crippen LogP contribution in [0.3, 0.4) is 0 Å². The van der Waals surface area contributed by atoms with Gasteiger partial charge in [-0.1, -0.05) is 64.7 Å². The van der Waals surface area contributed by atoms with Crippen molar-refractivity contribution in [2.24, 2.45) is 0 Å². The topological polar surface area (TPSA) is 60.7 Å². The lowest BCUT2D eigenvalue weighted by molar-refractivity contribution is 0.566. The molecule has 2 unspecified atom stereocenters. The Hall–Kier alpha value is -1.48. The van der Waals surface area contributed by atoms with Gasteiger partial charge in [-0.05, 0) is 5.56 Å². The van der Waals surface area contributed by atoms with Gasteiger partial charge < -0.3 is 0 Å². The molecule has 1 aliphatic rings. The van der Waals surface area contributed by atoms with Crippen molar-refractivity contribution < 1.29 is 0 Å². The molecule has 0 saturated carbocycles. The number of halogens is 1. The van der Waals surface area contributed by atoms with Crippen molar-refractivity contribution in [2.75, 3.05) is 4.43 Å². The van der Waals surface area contributed by atoms with Crippen LogP contribution in [-0.2, 0) is 0 Å². The quantitative estimate of drug-likeness (QED) is 0.361. The Morgan fingerprint density at radius 1 is 1.18 bits per heavy atom. The summed E-state index contributed by atoms with van der Waals surface area (Å²) >= 11 is 4.03. The van der Waals surface area contributed by atoms with E-state index in [-0.39, 0.29) is 11.6 Å². The van der Waals surface area contributed by atoms with Crippen LogP contribution in [0.1, 0.15) is 11.6 Å². The minimum absolute atomic E-state index is 0.116. The summed E-state index contributed by atoms with van der Waals surface area (Å²) in [5.41, 5.74) is 1.85. The fourth-order valence-corrected chi connectivity index (χ4v) is 4.98. The van der Waals surface area contributed by atoms with E-state index in [1.54, 1.807) is 18.0 Å². The summed E-state index contributed by atoms with van der Waals surface area (Å²) in [5, 5.41) is 1.05. The van der Waals surface area contributed by atoms with E-state index >= 15 is 0 Å². The zero-order chi connectivity index (χ0) is 15.1. The van der Waals surface area contributed by atoms with Gasteiger partial charge >= 0.3 is 5.56 Å². The standard InChI is InChI=1S/C15H11IN4OS/c16-8-10-12(9-4-2-1-3-5-9)20-13-11(17-6-7-18-13)14(21)19-15(20)22-10/h1-7,10,12H,8H2. The van der Waals surface area contributed by atoms with Crippen molar-refractivity contribution in [3.05, 3.63) is 58.6 Å². The van der Waals surface area contributed by atoms with Gasteiger partial charge in [0.05, 0.1) is 6.04 Å². The van der Waals surface area contributed by atoms with Gasteiger partial charge in [-0.2, -0.15) is 4.98 Å². The third kappa shape index (κ3) is 2.14. The highest BCUT2D eigenvalue weighted by atomic mass is 127. The summed E-state index contributed by atoms with van der Waals surface area (Å²) in [6.45, 7) is 0. The maximum atomic E-state index is 12.1. The van der Waals surface area contributed by atoms with Crippen molar-refractivity contribution in [3.8, 4) is 0 Å². The molecule has 0 bridgehead atoms. The number of fused-ring (bicyclic) bond motifs is 3. The molecule has 2 atom stereocenters. The first-order chi connectivity index (χ1) is 10.8. The summed E-state index contributed by atoms with van der Waals surface area (Å²) < 4.78 is 3.02. The van der Waals surface area contributed by atoms with Crippen molar-refractivity contribution >= 4 is 45.5 Å². The largest absolute Gasteiger partial charge is 0.301 e. The van der Waals surface area contributed by atoms with Crippen LogP contribution in [0.5, 0.6) is 0 Å². The van der Waals surface area contributed by atoms with Gasteiger partial charge in [0, 0.05) is 22.1 Å². The smallest absolute Gasteiger partial charge is 0.295 e. The highest BCUT2D eigenvalue weighted by molar-refractivity contribution is 14.1. The normalized spacial score (nSPS) is 20.2. The number of hydrogen-bond acceptors (Lipinski definition) is 5. The van der Waals surface area contributed by atoms with E-state index in [4.69, 9.17) is 0 Å². The second kappa shape index (κ2) is 5.62. The fourth-order valence-electron chi connectivity index (χ4n) is 2.77. The highest BCUT2D eigenvalue weighted by Crippen LogP contribution is 2.43. The fraction of sp³-hybridized carbons (Fsp3) is 0.200. The molecule has 7 heteroatoms. The summed E-state index contributed by atoms with van der Waals surface area (Å²) in [6.07, 6.45) is 3.16. The van der Waals surface area contributed by atoms with Gasteiger partial charge in [0.2, 0.25) is 0 Å². The van der Waals surface area contributed by atoms with Crippen LogP contribution in [0.2, 0.25) is 0 Å². The van der Waals surface area contributed by atoms with E-state index in [9.17, 15) is 4.79 Å². The van der Waals surface area contributed by atoms with Gasteiger partial charge in [0.25, 0.3) is 0 Å². The van der Waals surface area contributed by atoms with Crippen LogP contribution in [0.4, 0.5) is 0 Å². The predicted octanol–water partition coefficient (Wildman–Crippen LogP) is 2.69. The Morgan fingerprint density at radius 2 is 1.95 bits per heavy atom. The minimum Gasteiger partial charge on any atom is -0.295 e. The Labute approximate surface area is 144 Å². The number of alkyl halides is 1. The second-order valence-corrected chi connectivity index (χ2v) is 7.05. The lowest BCUT2D eigenvalue weighted by atomic mass is 10.0. The Kier molecular flexibility index (Phi) is 3.61. The number of hydrogen-bond donors (Lipinski definition) is 0. The first-order valence-corrected chi connectivity index (χ1v) is 9.21. The first-order valence-electron chi connectivity index (χ1n) is 6.80. The molecule has 0 radical (unpaired) electrons. The second-order valence-electron chi connectivity index (χ2n) is 4.96. The summed E-state index contributed by atoms with van der Waals surface area (Å²) in [6, 6.07) is 10.4. The number of benzene rings is 1. The molecule has 1 aromatic carbocycles. The monoisotopic (exact) mass is 422 g/mol. The molecule has 0 spiro atoms. The van der Waals surface area contributed by atoms with Gasteiger partial charge in [0.15, 0.2) is 16.3 Å². The molecule has 0 N–H and O–H groups in total. The number of aromatic nitrogens is 4. The Bertz CT molecular complexity index is 899. The summed E-state index contributed by atoms with van der Waals surface area (Å²) in [4.78, 5) is 24.9. The first kappa shape index (κ1) is 14.1. The van der Waals surface area contributed by atoms with Crippen LogP contribution < -0.4 is 5.56 Å². The lowest BCUT2D eigenvalue weighted by Gasteiger charge is -2.20. The lowest BCUT2D eigenvalue weighted by Crippen LogP contribution is -2.22. The maximum absolute atomic E-state index is 12.1. The maximum Gasteiger partial charge on any atom is 0.301 e. The molecule has 2 aromatic heterocycles. The zero-order valence-corrected chi connectivity index (χ0v) is 14.4. The van der Waals surface area contributed by atoms with E-state index in [1.807, 2.05) is 18.2 Å². The molecule has 110 valence electrons. The van der Waals surface area contributed by atoms with E-state index in [0.29, 0.717) is 16.4 Å². The molecule has 4 rings (SSSR count). The molecule has 5 nitrogen and oxygen atoms in total. The van der Waals surface area contributed by atoms with Gasteiger partial charge in [0.1, 0.15) is 0 Å². The Morgan fingerprint density at radius 3 is 2.73 bits per heavy atom. The summed E-state index contributed by atoms with van der Waals surface area (Å²) in [5.74, 6) is 0. The van der Waals surface area contributed by atoms with Crippen LogP contribution in [0, 0.1) is 0 Å². The summed E-state index contributed by atoms with van der Waals surface area (Å²) in [7, 11) is 0. The van der Waals surface area contributed by atoms with E-state index in [2.05, 4.69) is 54.2 Å². The number of thioether (sulfide) groups is 1. The highest BCUT2D eigenvalue weighted by Gasteiger charge is 2.36. The SMILES string of the molecule is O=c1nc2n(c3nccnc13)C(c1ccccc1)C(CI)S2. The van der Waals surface area contributed by atoms with E-state index in [0.717, 1.165) is 9.58 Å². The van der Waals surface area contributed by atoms with Crippen molar-refractivity contribution in [3.63, 3.8) is 0 Å². The average Bonchev–Trinajstić information content (AvgIpc) is 2.94. The molecule has 0 amide bonds. The molecule has 3 aromatic rings. The average molecular weight is 422 g/mol. The van der Waals surface area contributed by atoms with Crippen LogP contribution in [-0.4, -0.2) is 29.2 Å². The Balaban J connectivity index is 2.03. The van der Waals surface area contributed by atoms with Crippen LogP contribution >= 0.6 is 34.4 Å². The minimum atomic E-state index is -0.303. The molecular weight excluding hydrogens is 411 g/mol. The van der Waals surface area contributed by atoms with Crippen LogP contribution in [0.25, 0.3) is 11.2 Å². The van der Waals surface area contributed by atoms with Crippen molar-refractivity contribution in [1.29, 1.82) is 0 Å².